The highest BCUT2D eigenvalue weighted by molar-refractivity contribution is 5.85. The highest BCUT2D eigenvalue weighted by Crippen LogP contribution is 2.33. The molecule has 1 aromatic carbocycles. The lowest BCUT2D eigenvalue weighted by Crippen LogP contribution is -2.41. The summed E-state index contributed by atoms with van der Waals surface area (Å²) in [6.07, 6.45) is 2.95. The monoisotopic (exact) mass is 275 g/mol. The molecule has 2 N–H and O–H groups in total. The molecule has 4 heteroatoms. The summed E-state index contributed by atoms with van der Waals surface area (Å²) in [5.41, 5.74) is 3.11. The van der Waals surface area contributed by atoms with Crippen LogP contribution in [0.2, 0.25) is 0 Å². The van der Waals surface area contributed by atoms with Crippen LogP contribution in [0.1, 0.15) is 36.0 Å². The van der Waals surface area contributed by atoms with E-state index in [0.717, 1.165) is 29.5 Å². The Labute approximate surface area is 119 Å². The molecular formula is C16H21NO3. The first-order valence-electron chi connectivity index (χ1n) is 7.04. The summed E-state index contributed by atoms with van der Waals surface area (Å²) in [4.78, 5) is 23.2. The van der Waals surface area contributed by atoms with Crippen molar-refractivity contribution in [3.8, 4) is 0 Å². The number of nitrogens with one attached hydrogen (secondary N) is 1. The lowest BCUT2D eigenvalue weighted by atomic mass is 10.0. The van der Waals surface area contributed by atoms with Crippen LogP contribution in [0.3, 0.4) is 0 Å². The number of aryl methyl sites for hydroxylation is 2. The fraction of sp³-hybridized carbons (Fsp3) is 0.500. The Morgan fingerprint density at radius 2 is 2.05 bits per heavy atom. The highest BCUT2D eigenvalue weighted by atomic mass is 16.4. The number of hydrogen-bond acceptors (Lipinski definition) is 2. The average Bonchev–Trinajstić information content (AvgIpc) is 3.17. The van der Waals surface area contributed by atoms with Gasteiger partial charge in [-0.05, 0) is 37.3 Å². The lowest BCUT2D eigenvalue weighted by Gasteiger charge is -2.15. The fourth-order valence-corrected chi connectivity index (χ4v) is 2.32. The molecule has 1 aromatic rings. The van der Waals surface area contributed by atoms with Gasteiger partial charge in [0.2, 0.25) is 5.91 Å². The Kier molecular flexibility index (Phi) is 4.42. The summed E-state index contributed by atoms with van der Waals surface area (Å²) in [6.45, 7) is 3.94. The van der Waals surface area contributed by atoms with Gasteiger partial charge in [-0.3, -0.25) is 4.79 Å². The van der Waals surface area contributed by atoms with Crippen molar-refractivity contribution in [2.45, 2.75) is 45.6 Å². The topological polar surface area (TPSA) is 66.4 Å². The second-order valence-corrected chi connectivity index (χ2v) is 5.74. The van der Waals surface area contributed by atoms with Crippen molar-refractivity contribution in [3.63, 3.8) is 0 Å². The van der Waals surface area contributed by atoms with Crippen LogP contribution < -0.4 is 5.32 Å². The number of benzene rings is 1. The Balaban J connectivity index is 1.96. The van der Waals surface area contributed by atoms with Crippen LogP contribution in [0.5, 0.6) is 0 Å². The molecule has 0 radical (unpaired) electrons. The second-order valence-electron chi connectivity index (χ2n) is 5.74. The zero-order valence-corrected chi connectivity index (χ0v) is 12.0. The van der Waals surface area contributed by atoms with E-state index in [0.29, 0.717) is 12.3 Å². The molecular weight excluding hydrogens is 254 g/mol. The van der Waals surface area contributed by atoms with Crippen LogP contribution in [0, 0.1) is 19.8 Å². The van der Waals surface area contributed by atoms with E-state index in [9.17, 15) is 9.59 Å². The number of carboxylic acids is 1. The molecule has 1 atom stereocenters. The SMILES string of the molecule is Cc1ccc(C)c(CC(=O)NC(CC2CC2)C(=O)O)c1. The van der Waals surface area contributed by atoms with Crippen molar-refractivity contribution in [1.29, 1.82) is 0 Å². The van der Waals surface area contributed by atoms with Gasteiger partial charge in [-0.1, -0.05) is 36.6 Å². The number of amides is 1. The molecule has 4 nitrogen and oxygen atoms in total. The third-order valence-electron chi connectivity index (χ3n) is 3.75. The number of carbonyl (C=O) groups excluding carboxylic acids is 1. The molecule has 108 valence electrons. The summed E-state index contributed by atoms with van der Waals surface area (Å²) in [6, 6.07) is 5.21. The fourth-order valence-electron chi connectivity index (χ4n) is 2.32. The number of aliphatic carboxylic acids is 1. The first-order chi connectivity index (χ1) is 9.45. The number of carbonyl (C=O) groups is 2. The zero-order chi connectivity index (χ0) is 14.7. The number of hydrogen-bond donors (Lipinski definition) is 2. The molecule has 0 aromatic heterocycles. The molecule has 1 amide bonds. The van der Waals surface area contributed by atoms with Crippen molar-refractivity contribution in [1.82, 2.24) is 5.32 Å². The first kappa shape index (κ1) is 14.6. The molecule has 2 rings (SSSR count). The quantitative estimate of drug-likeness (QED) is 0.836. The molecule has 1 saturated carbocycles. The van der Waals surface area contributed by atoms with Gasteiger partial charge in [0.15, 0.2) is 0 Å². The van der Waals surface area contributed by atoms with Crippen LogP contribution in [-0.2, 0) is 16.0 Å². The Morgan fingerprint density at radius 1 is 1.35 bits per heavy atom. The lowest BCUT2D eigenvalue weighted by molar-refractivity contribution is -0.142. The zero-order valence-electron chi connectivity index (χ0n) is 12.0. The van der Waals surface area contributed by atoms with Gasteiger partial charge < -0.3 is 10.4 Å². The maximum absolute atomic E-state index is 12.0. The summed E-state index contributed by atoms with van der Waals surface area (Å²) in [7, 11) is 0. The predicted molar refractivity (Wildman–Crippen MR) is 76.5 cm³/mol. The first-order valence-corrected chi connectivity index (χ1v) is 7.04. The summed E-state index contributed by atoms with van der Waals surface area (Å²) >= 11 is 0. The van der Waals surface area contributed by atoms with Crippen molar-refractivity contribution in [2.75, 3.05) is 0 Å². The third-order valence-corrected chi connectivity index (χ3v) is 3.75. The molecule has 1 aliphatic rings. The largest absolute Gasteiger partial charge is 0.480 e. The van der Waals surface area contributed by atoms with Gasteiger partial charge in [0.05, 0.1) is 6.42 Å². The third kappa shape index (κ3) is 4.08. The molecule has 0 aliphatic heterocycles. The maximum atomic E-state index is 12.0. The summed E-state index contributed by atoms with van der Waals surface area (Å²) in [5.74, 6) is -0.685. The predicted octanol–water partition coefficient (Wildman–Crippen LogP) is 2.22. The molecule has 0 spiro atoms. The molecule has 1 fully saturated rings. The smallest absolute Gasteiger partial charge is 0.326 e. The van der Waals surface area contributed by atoms with E-state index in [4.69, 9.17) is 5.11 Å². The van der Waals surface area contributed by atoms with E-state index in [2.05, 4.69) is 5.32 Å². The van der Waals surface area contributed by atoms with Gasteiger partial charge in [-0.15, -0.1) is 0 Å². The van der Waals surface area contributed by atoms with Gasteiger partial charge in [-0.25, -0.2) is 4.79 Å². The Morgan fingerprint density at radius 3 is 2.65 bits per heavy atom. The van der Waals surface area contributed by atoms with Crippen LogP contribution in [0.4, 0.5) is 0 Å². The van der Waals surface area contributed by atoms with Crippen molar-refractivity contribution in [2.24, 2.45) is 5.92 Å². The molecule has 0 saturated heterocycles. The summed E-state index contributed by atoms with van der Waals surface area (Å²) < 4.78 is 0. The number of rotatable bonds is 6. The van der Waals surface area contributed by atoms with E-state index in [1.807, 2.05) is 32.0 Å². The standard InChI is InChI=1S/C16H21NO3/c1-10-3-4-11(2)13(7-10)9-15(18)17-14(16(19)20)8-12-5-6-12/h3-4,7,12,14H,5-6,8-9H2,1-2H3,(H,17,18)(H,19,20). The van der Waals surface area contributed by atoms with Crippen molar-refractivity contribution in [3.05, 3.63) is 34.9 Å². The summed E-state index contributed by atoms with van der Waals surface area (Å²) in [5, 5.41) is 11.8. The van der Waals surface area contributed by atoms with Gasteiger partial charge in [0.1, 0.15) is 6.04 Å². The maximum Gasteiger partial charge on any atom is 0.326 e. The Hall–Kier alpha value is -1.84. The van der Waals surface area contributed by atoms with Gasteiger partial charge in [0, 0.05) is 0 Å². The van der Waals surface area contributed by atoms with E-state index in [1.165, 1.54) is 0 Å². The molecule has 1 unspecified atom stereocenters. The van der Waals surface area contributed by atoms with Gasteiger partial charge >= 0.3 is 5.97 Å². The molecule has 0 heterocycles. The van der Waals surface area contributed by atoms with E-state index in [1.54, 1.807) is 0 Å². The average molecular weight is 275 g/mol. The highest BCUT2D eigenvalue weighted by Gasteiger charge is 2.30. The van der Waals surface area contributed by atoms with E-state index < -0.39 is 12.0 Å². The van der Waals surface area contributed by atoms with Crippen LogP contribution in [0.15, 0.2) is 18.2 Å². The van der Waals surface area contributed by atoms with Gasteiger partial charge in [0.25, 0.3) is 0 Å². The molecule has 1 aliphatic carbocycles. The second kappa shape index (κ2) is 6.07. The molecule has 20 heavy (non-hydrogen) atoms. The molecule has 0 bridgehead atoms. The van der Waals surface area contributed by atoms with Crippen molar-refractivity contribution >= 4 is 11.9 Å². The Bertz CT molecular complexity index is 520. The normalized spacial score (nSPS) is 15.7. The van der Waals surface area contributed by atoms with Crippen LogP contribution in [0.25, 0.3) is 0 Å². The minimum atomic E-state index is -0.939. The van der Waals surface area contributed by atoms with Crippen molar-refractivity contribution < 1.29 is 14.7 Å². The van der Waals surface area contributed by atoms with Crippen LogP contribution in [-0.4, -0.2) is 23.0 Å². The van der Waals surface area contributed by atoms with E-state index >= 15 is 0 Å². The minimum absolute atomic E-state index is 0.216. The van der Waals surface area contributed by atoms with Gasteiger partial charge in [-0.2, -0.15) is 0 Å². The number of carboxylic acid groups (broad SMARTS) is 1. The minimum Gasteiger partial charge on any atom is -0.480 e. The van der Waals surface area contributed by atoms with Crippen LogP contribution >= 0.6 is 0 Å². The van der Waals surface area contributed by atoms with E-state index in [-0.39, 0.29) is 12.3 Å².